The molecule has 0 aliphatic carbocycles. The zero-order valence-corrected chi connectivity index (χ0v) is 13.8. The van der Waals surface area contributed by atoms with Crippen LogP contribution in [0.25, 0.3) is 0 Å². The van der Waals surface area contributed by atoms with Crippen molar-refractivity contribution in [1.29, 1.82) is 0 Å². The summed E-state index contributed by atoms with van der Waals surface area (Å²) in [6.07, 6.45) is 1.65. The minimum absolute atomic E-state index is 0.00810. The number of aryl methyl sites for hydroxylation is 1. The summed E-state index contributed by atoms with van der Waals surface area (Å²) < 4.78 is 5.65. The molecule has 1 saturated heterocycles. The summed E-state index contributed by atoms with van der Waals surface area (Å²) in [6, 6.07) is 7.84. The Morgan fingerprint density at radius 2 is 2.17 bits per heavy atom. The summed E-state index contributed by atoms with van der Waals surface area (Å²) in [7, 11) is 0. The summed E-state index contributed by atoms with van der Waals surface area (Å²) in [5, 5.41) is 9.11. The molecule has 0 saturated carbocycles. The maximum absolute atomic E-state index is 12.2. The van der Waals surface area contributed by atoms with Crippen molar-refractivity contribution in [2.24, 2.45) is 11.8 Å². The Hall–Kier alpha value is -2.04. The molecule has 0 radical (unpaired) electrons. The van der Waals surface area contributed by atoms with Gasteiger partial charge in [0.2, 0.25) is 5.91 Å². The van der Waals surface area contributed by atoms with E-state index in [1.165, 1.54) is 0 Å². The van der Waals surface area contributed by atoms with Crippen LogP contribution in [0, 0.1) is 18.8 Å². The van der Waals surface area contributed by atoms with E-state index in [1.807, 2.05) is 38.1 Å². The first kappa shape index (κ1) is 17.3. The number of carboxylic acids is 1. The van der Waals surface area contributed by atoms with Crippen LogP contribution in [0.1, 0.15) is 31.7 Å². The second-order valence-electron chi connectivity index (χ2n) is 6.32. The van der Waals surface area contributed by atoms with Crippen molar-refractivity contribution >= 4 is 11.9 Å². The highest BCUT2D eigenvalue weighted by molar-refractivity contribution is 5.77. The topological polar surface area (TPSA) is 66.8 Å². The zero-order chi connectivity index (χ0) is 16.8. The zero-order valence-electron chi connectivity index (χ0n) is 13.8. The van der Waals surface area contributed by atoms with E-state index in [0.29, 0.717) is 39.0 Å². The van der Waals surface area contributed by atoms with Crippen LogP contribution in [0.3, 0.4) is 0 Å². The third-order valence-electron chi connectivity index (χ3n) is 4.37. The molecule has 1 aromatic carbocycles. The summed E-state index contributed by atoms with van der Waals surface area (Å²) in [5.74, 6) is -0.157. The molecule has 0 bridgehead atoms. The third kappa shape index (κ3) is 4.98. The Morgan fingerprint density at radius 3 is 2.83 bits per heavy atom. The van der Waals surface area contributed by atoms with Gasteiger partial charge < -0.3 is 14.7 Å². The van der Waals surface area contributed by atoms with Gasteiger partial charge in [-0.15, -0.1) is 0 Å². The lowest BCUT2D eigenvalue weighted by molar-refractivity contribution is -0.148. The number of benzene rings is 1. The lowest BCUT2D eigenvalue weighted by Crippen LogP contribution is -2.45. The van der Waals surface area contributed by atoms with Gasteiger partial charge >= 0.3 is 5.97 Å². The molecule has 0 aromatic heterocycles. The fourth-order valence-electron chi connectivity index (χ4n) is 3.02. The van der Waals surface area contributed by atoms with Crippen LogP contribution in [-0.2, 0) is 9.59 Å². The largest absolute Gasteiger partial charge is 0.494 e. The van der Waals surface area contributed by atoms with Gasteiger partial charge in [0.05, 0.1) is 12.5 Å². The molecule has 1 aliphatic rings. The number of likely N-dealkylation sites (tertiary alicyclic amines) is 1. The first-order valence-electron chi connectivity index (χ1n) is 8.17. The smallest absolute Gasteiger partial charge is 0.306 e. The molecule has 1 aromatic rings. The second-order valence-corrected chi connectivity index (χ2v) is 6.32. The number of carbonyl (C=O) groups excluding carboxylic acids is 1. The van der Waals surface area contributed by atoms with Crippen LogP contribution in [-0.4, -0.2) is 41.6 Å². The van der Waals surface area contributed by atoms with E-state index in [4.69, 9.17) is 9.84 Å². The van der Waals surface area contributed by atoms with Crippen molar-refractivity contribution < 1.29 is 19.4 Å². The highest BCUT2D eigenvalue weighted by Gasteiger charge is 2.32. The number of rotatable bonds is 6. The van der Waals surface area contributed by atoms with Gasteiger partial charge in [-0.1, -0.05) is 19.1 Å². The highest BCUT2D eigenvalue weighted by Crippen LogP contribution is 2.24. The molecule has 0 spiro atoms. The van der Waals surface area contributed by atoms with Crippen molar-refractivity contribution in [3.63, 3.8) is 0 Å². The van der Waals surface area contributed by atoms with Gasteiger partial charge in [0.1, 0.15) is 5.75 Å². The minimum Gasteiger partial charge on any atom is -0.494 e. The molecule has 23 heavy (non-hydrogen) atoms. The second kappa shape index (κ2) is 7.99. The molecule has 2 atom stereocenters. The molecule has 1 N–H and O–H groups in total. The van der Waals surface area contributed by atoms with Gasteiger partial charge in [-0.25, -0.2) is 0 Å². The van der Waals surface area contributed by atoms with Gasteiger partial charge in [-0.3, -0.25) is 9.59 Å². The summed E-state index contributed by atoms with van der Waals surface area (Å²) in [5.41, 5.74) is 1.15. The van der Waals surface area contributed by atoms with Crippen LogP contribution >= 0.6 is 0 Å². The molecule has 2 unspecified atom stereocenters. The average molecular weight is 319 g/mol. The van der Waals surface area contributed by atoms with Gasteiger partial charge in [-0.05, 0) is 43.4 Å². The van der Waals surface area contributed by atoms with E-state index in [0.717, 1.165) is 11.3 Å². The summed E-state index contributed by atoms with van der Waals surface area (Å²) in [6.45, 7) is 5.50. The summed E-state index contributed by atoms with van der Waals surface area (Å²) >= 11 is 0. The Morgan fingerprint density at radius 1 is 1.39 bits per heavy atom. The van der Waals surface area contributed by atoms with E-state index in [2.05, 4.69) is 0 Å². The van der Waals surface area contributed by atoms with E-state index >= 15 is 0 Å². The molecule has 5 nitrogen and oxygen atoms in total. The molecule has 5 heteroatoms. The van der Waals surface area contributed by atoms with E-state index in [1.54, 1.807) is 4.90 Å². The Balaban J connectivity index is 1.70. The van der Waals surface area contributed by atoms with E-state index < -0.39 is 5.97 Å². The number of carbonyl (C=O) groups is 2. The number of ether oxygens (including phenoxy) is 1. The van der Waals surface area contributed by atoms with Crippen LogP contribution in [0.4, 0.5) is 0 Å². The molecule has 126 valence electrons. The van der Waals surface area contributed by atoms with Crippen LogP contribution in [0.2, 0.25) is 0 Å². The van der Waals surface area contributed by atoms with E-state index in [9.17, 15) is 9.59 Å². The lowest BCUT2D eigenvalue weighted by atomic mass is 9.87. The number of nitrogens with zero attached hydrogens (tertiary/aromatic N) is 1. The minimum atomic E-state index is -0.754. The van der Waals surface area contributed by atoms with E-state index in [-0.39, 0.29) is 17.7 Å². The standard InChI is InChI=1S/C18H25NO4/c1-13-5-3-6-15(11-13)23-10-4-7-17(20)19-9-8-16(18(21)22)14(2)12-19/h3,5-6,11,14,16H,4,7-10,12H2,1-2H3,(H,21,22). The predicted molar refractivity (Wildman–Crippen MR) is 87.4 cm³/mol. The highest BCUT2D eigenvalue weighted by atomic mass is 16.5. The Bertz CT molecular complexity index is 558. The maximum atomic E-state index is 12.2. The molecule has 2 rings (SSSR count). The predicted octanol–water partition coefficient (Wildman–Crippen LogP) is 2.72. The van der Waals surface area contributed by atoms with Crippen molar-refractivity contribution in [2.75, 3.05) is 19.7 Å². The fraction of sp³-hybridized carbons (Fsp3) is 0.556. The van der Waals surface area contributed by atoms with Crippen molar-refractivity contribution in [3.05, 3.63) is 29.8 Å². The van der Waals surface area contributed by atoms with Gasteiger partial charge in [-0.2, -0.15) is 0 Å². The molecular formula is C18H25NO4. The third-order valence-corrected chi connectivity index (χ3v) is 4.37. The fourth-order valence-corrected chi connectivity index (χ4v) is 3.02. The van der Waals surface area contributed by atoms with Crippen LogP contribution in [0.15, 0.2) is 24.3 Å². The molecule has 1 aliphatic heterocycles. The SMILES string of the molecule is Cc1cccc(OCCCC(=O)N2CCC(C(=O)O)C(C)C2)c1. The first-order chi connectivity index (χ1) is 11.0. The number of aliphatic carboxylic acids is 1. The molecule has 1 heterocycles. The number of amides is 1. The lowest BCUT2D eigenvalue weighted by Gasteiger charge is -2.35. The number of hydrogen-bond donors (Lipinski definition) is 1. The number of carboxylic acid groups (broad SMARTS) is 1. The van der Waals surface area contributed by atoms with Crippen molar-refractivity contribution in [1.82, 2.24) is 4.90 Å². The average Bonchev–Trinajstić information content (AvgIpc) is 2.51. The monoisotopic (exact) mass is 319 g/mol. The molecule has 1 fully saturated rings. The maximum Gasteiger partial charge on any atom is 0.306 e. The van der Waals surface area contributed by atoms with Gasteiger partial charge in [0.25, 0.3) is 0 Å². The first-order valence-corrected chi connectivity index (χ1v) is 8.17. The summed E-state index contributed by atoms with van der Waals surface area (Å²) in [4.78, 5) is 25.1. The Kier molecular flexibility index (Phi) is 6.02. The van der Waals surface area contributed by atoms with Gasteiger partial charge in [0.15, 0.2) is 0 Å². The van der Waals surface area contributed by atoms with Crippen molar-refractivity contribution in [3.8, 4) is 5.75 Å². The normalized spacial score (nSPS) is 21.0. The quantitative estimate of drug-likeness (QED) is 0.819. The van der Waals surface area contributed by atoms with Crippen LogP contribution < -0.4 is 4.74 Å². The molecule has 1 amide bonds. The number of hydrogen-bond acceptors (Lipinski definition) is 3. The van der Waals surface area contributed by atoms with Crippen LogP contribution in [0.5, 0.6) is 5.75 Å². The Labute approximate surface area is 137 Å². The van der Waals surface area contributed by atoms with Crippen molar-refractivity contribution in [2.45, 2.75) is 33.1 Å². The number of piperidine rings is 1. The van der Waals surface area contributed by atoms with Gasteiger partial charge in [0, 0.05) is 19.5 Å². The molecular weight excluding hydrogens is 294 g/mol.